The Morgan fingerprint density at radius 2 is 2.17 bits per heavy atom. The van der Waals surface area contributed by atoms with Crippen LogP contribution in [0.2, 0.25) is 0 Å². The van der Waals surface area contributed by atoms with Gasteiger partial charge in [0.2, 0.25) is 0 Å². The molecule has 0 spiro atoms. The zero-order valence-electron chi connectivity index (χ0n) is 14.1. The SMILES string of the molecule is COc1ccc(Nc2cnsc2)nc1C(=O)NCC#CC(C)(C)C. The maximum absolute atomic E-state index is 12.3. The lowest BCUT2D eigenvalue weighted by Crippen LogP contribution is -2.25. The summed E-state index contributed by atoms with van der Waals surface area (Å²) in [6, 6.07) is 3.44. The van der Waals surface area contributed by atoms with E-state index in [9.17, 15) is 4.79 Å². The highest BCUT2D eigenvalue weighted by Gasteiger charge is 2.15. The van der Waals surface area contributed by atoms with E-state index < -0.39 is 0 Å². The summed E-state index contributed by atoms with van der Waals surface area (Å²) in [6.07, 6.45) is 1.69. The Hall–Kier alpha value is -2.59. The fourth-order valence-electron chi connectivity index (χ4n) is 1.78. The first-order valence-electron chi connectivity index (χ1n) is 7.39. The summed E-state index contributed by atoms with van der Waals surface area (Å²) in [4.78, 5) is 16.7. The van der Waals surface area contributed by atoms with Crippen LogP contribution in [0, 0.1) is 17.3 Å². The standard InChI is InChI=1S/C17H20N4O2S/c1-17(2,3)8-5-9-18-16(22)15-13(23-4)6-7-14(21-15)20-12-10-19-24-11-12/h6-7,10-11H,9H2,1-4H3,(H,18,22)(H,20,21). The Labute approximate surface area is 145 Å². The van der Waals surface area contributed by atoms with Crippen molar-refractivity contribution < 1.29 is 9.53 Å². The van der Waals surface area contributed by atoms with Crippen LogP contribution in [0.5, 0.6) is 5.75 Å². The summed E-state index contributed by atoms with van der Waals surface area (Å²) in [5.41, 5.74) is 0.933. The highest BCUT2D eigenvalue weighted by Crippen LogP contribution is 2.21. The first-order valence-corrected chi connectivity index (χ1v) is 8.22. The van der Waals surface area contributed by atoms with Crippen LogP contribution in [-0.4, -0.2) is 28.9 Å². The topological polar surface area (TPSA) is 76.1 Å². The van der Waals surface area contributed by atoms with Gasteiger partial charge in [0.15, 0.2) is 5.69 Å². The lowest BCUT2D eigenvalue weighted by molar-refractivity contribution is 0.0950. The van der Waals surface area contributed by atoms with E-state index in [1.807, 2.05) is 26.2 Å². The first-order chi connectivity index (χ1) is 11.4. The molecule has 24 heavy (non-hydrogen) atoms. The van der Waals surface area contributed by atoms with Gasteiger partial charge >= 0.3 is 0 Å². The molecule has 0 saturated carbocycles. The number of hydrogen-bond donors (Lipinski definition) is 2. The van der Waals surface area contributed by atoms with Gasteiger partial charge in [0, 0.05) is 10.8 Å². The number of rotatable bonds is 5. The van der Waals surface area contributed by atoms with Gasteiger partial charge in [-0.15, -0.1) is 0 Å². The maximum atomic E-state index is 12.3. The van der Waals surface area contributed by atoms with Gasteiger partial charge in [-0.2, -0.15) is 4.37 Å². The molecule has 126 valence electrons. The summed E-state index contributed by atoms with van der Waals surface area (Å²) < 4.78 is 9.23. The van der Waals surface area contributed by atoms with Gasteiger partial charge < -0.3 is 15.4 Å². The summed E-state index contributed by atoms with van der Waals surface area (Å²) >= 11 is 1.33. The third-order valence-electron chi connectivity index (χ3n) is 2.80. The predicted molar refractivity (Wildman–Crippen MR) is 95.7 cm³/mol. The quantitative estimate of drug-likeness (QED) is 0.815. The van der Waals surface area contributed by atoms with Crippen LogP contribution >= 0.6 is 11.5 Å². The van der Waals surface area contributed by atoms with Crippen LogP contribution in [0.15, 0.2) is 23.7 Å². The zero-order chi connectivity index (χ0) is 17.6. The van der Waals surface area contributed by atoms with E-state index in [0.717, 1.165) is 5.69 Å². The van der Waals surface area contributed by atoms with Gasteiger partial charge in [-0.1, -0.05) is 11.8 Å². The number of pyridine rings is 1. The van der Waals surface area contributed by atoms with Crippen LogP contribution in [0.1, 0.15) is 31.3 Å². The average molecular weight is 344 g/mol. The van der Waals surface area contributed by atoms with E-state index in [4.69, 9.17) is 4.74 Å². The fraction of sp³-hybridized carbons (Fsp3) is 0.353. The van der Waals surface area contributed by atoms with Crippen molar-refractivity contribution >= 4 is 28.9 Å². The summed E-state index contributed by atoms with van der Waals surface area (Å²) in [6.45, 7) is 6.30. The molecular formula is C17H20N4O2S. The molecule has 0 aliphatic carbocycles. The zero-order valence-corrected chi connectivity index (χ0v) is 15.0. The molecular weight excluding hydrogens is 324 g/mol. The molecule has 0 atom stereocenters. The lowest BCUT2D eigenvalue weighted by atomic mass is 9.98. The van der Waals surface area contributed by atoms with Gasteiger partial charge in [0.25, 0.3) is 5.91 Å². The molecule has 0 bridgehead atoms. The molecule has 1 amide bonds. The van der Waals surface area contributed by atoms with Crippen LogP contribution in [0.3, 0.4) is 0 Å². The number of carbonyl (C=O) groups is 1. The molecule has 2 rings (SSSR count). The first kappa shape index (κ1) is 17.8. The molecule has 0 fully saturated rings. The number of hydrogen-bond acceptors (Lipinski definition) is 6. The second kappa shape index (κ2) is 7.79. The third-order valence-corrected chi connectivity index (χ3v) is 3.39. The van der Waals surface area contributed by atoms with Crippen molar-refractivity contribution in [1.82, 2.24) is 14.7 Å². The highest BCUT2D eigenvalue weighted by molar-refractivity contribution is 7.04. The van der Waals surface area contributed by atoms with Crippen LogP contribution in [0.4, 0.5) is 11.5 Å². The number of amides is 1. The molecule has 0 aromatic carbocycles. The predicted octanol–water partition coefficient (Wildman–Crippen LogP) is 3.07. The number of anilines is 2. The molecule has 2 N–H and O–H groups in total. The number of methoxy groups -OCH3 is 1. The molecule has 7 heteroatoms. The molecule has 0 unspecified atom stereocenters. The van der Waals surface area contributed by atoms with Crippen molar-refractivity contribution in [2.45, 2.75) is 20.8 Å². The van der Waals surface area contributed by atoms with Crippen molar-refractivity contribution in [1.29, 1.82) is 0 Å². The number of carbonyl (C=O) groups excluding carboxylic acids is 1. The normalized spacial score (nSPS) is 10.5. The highest BCUT2D eigenvalue weighted by atomic mass is 32.1. The Bertz CT molecular complexity index is 755. The lowest BCUT2D eigenvalue weighted by Gasteiger charge is -2.10. The molecule has 0 radical (unpaired) electrons. The number of nitrogens with one attached hydrogen (secondary N) is 2. The van der Waals surface area contributed by atoms with Crippen LogP contribution in [-0.2, 0) is 0 Å². The monoisotopic (exact) mass is 344 g/mol. The maximum Gasteiger partial charge on any atom is 0.274 e. The van der Waals surface area contributed by atoms with Crippen molar-refractivity contribution in [2.24, 2.45) is 5.41 Å². The second-order valence-corrected chi connectivity index (χ2v) is 6.68. The fourth-order valence-corrected chi connectivity index (χ4v) is 2.24. The van der Waals surface area contributed by atoms with Crippen molar-refractivity contribution in [3.63, 3.8) is 0 Å². The van der Waals surface area contributed by atoms with Crippen LogP contribution in [0.25, 0.3) is 0 Å². The smallest absolute Gasteiger partial charge is 0.274 e. The third kappa shape index (κ3) is 5.25. The molecule has 6 nitrogen and oxygen atoms in total. The van der Waals surface area contributed by atoms with Gasteiger partial charge in [-0.05, 0) is 44.4 Å². The minimum Gasteiger partial charge on any atom is -0.494 e. The largest absolute Gasteiger partial charge is 0.494 e. The average Bonchev–Trinajstić information content (AvgIpc) is 3.03. The van der Waals surface area contributed by atoms with Gasteiger partial charge in [0.05, 0.1) is 25.5 Å². The van der Waals surface area contributed by atoms with E-state index >= 15 is 0 Å². The number of nitrogens with zero attached hydrogens (tertiary/aromatic N) is 2. The molecule has 0 aliphatic heterocycles. The Morgan fingerprint density at radius 1 is 1.38 bits per heavy atom. The van der Waals surface area contributed by atoms with E-state index in [2.05, 4.69) is 31.8 Å². The van der Waals surface area contributed by atoms with Crippen molar-refractivity contribution in [3.05, 3.63) is 29.4 Å². The molecule has 2 aromatic rings. The summed E-state index contributed by atoms with van der Waals surface area (Å²) in [7, 11) is 1.50. The van der Waals surface area contributed by atoms with Gasteiger partial charge in [-0.3, -0.25) is 4.79 Å². The van der Waals surface area contributed by atoms with E-state index in [1.54, 1.807) is 18.3 Å². The minimum atomic E-state index is -0.331. The number of ether oxygens (including phenoxy) is 1. The Balaban J connectivity index is 2.11. The molecule has 0 aliphatic rings. The van der Waals surface area contributed by atoms with E-state index in [0.29, 0.717) is 11.6 Å². The van der Waals surface area contributed by atoms with E-state index in [-0.39, 0.29) is 23.6 Å². The molecule has 0 saturated heterocycles. The minimum absolute atomic E-state index is 0.0981. The molecule has 2 heterocycles. The summed E-state index contributed by atoms with van der Waals surface area (Å²) in [5.74, 6) is 6.63. The van der Waals surface area contributed by atoms with Crippen molar-refractivity contribution in [2.75, 3.05) is 19.0 Å². The number of aromatic nitrogens is 2. The summed E-state index contributed by atoms with van der Waals surface area (Å²) in [5, 5.41) is 7.69. The second-order valence-electron chi connectivity index (χ2n) is 6.02. The Kier molecular flexibility index (Phi) is 5.77. The van der Waals surface area contributed by atoms with Crippen LogP contribution < -0.4 is 15.4 Å². The Morgan fingerprint density at radius 3 is 2.79 bits per heavy atom. The van der Waals surface area contributed by atoms with Gasteiger partial charge in [-0.25, -0.2) is 4.98 Å². The molecule has 2 aromatic heterocycles. The van der Waals surface area contributed by atoms with Crippen molar-refractivity contribution in [3.8, 4) is 17.6 Å². The van der Waals surface area contributed by atoms with Gasteiger partial charge in [0.1, 0.15) is 11.6 Å². The van der Waals surface area contributed by atoms with E-state index in [1.165, 1.54) is 18.6 Å².